The van der Waals surface area contributed by atoms with Crippen LogP contribution in [0.1, 0.15) is 64.2 Å². The summed E-state index contributed by atoms with van der Waals surface area (Å²) in [6.07, 6.45) is 13.7. The highest BCUT2D eigenvalue weighted by Gasteiger charge is 2.18. The van der Waals surface area contributed by atoms with Gasteiger partial charge in [-0.25, -0.2) is 0 Å². The van der Waals surface area contributed by atoms with E-state index in [9.17, 15) is 0 Å². The quantitative estimate of drug-likeness (QED) is 0.574. The van der Waals surface area contributed by atoms with Crippen LogP contribution in [0.2, 0.25) is 0 Å². The Hall–Kier alpha value is -0.530. The van der Waals surface area contributed by atoms with Gasteiger partial charge in [0.05, 0.1) is 5.84 Å². The maximum atomic E-state index is 6.04. The lowest BCUT2D eigenvalue weighted by atomic mass is 9.87. The van der Waals surface area contributed by atoms with Gasteiger partial charge in [-0.05, 0) is 25.2 Å². The van der Waals surface area contributed by atoms with Crippen LogP contribution in [0.3, 0.4) is 0 Å². The molecule has 0 aromatic heterocycles. The SMILES string of the molecule is NC(=NCCC1CCCCC1)C1CCCC1. The van der Waals surface area contributed by atoms with Crippen LogP contribution in [0.4, 0.5) is 0 Å². The number of nitrogens with two attached hydrogens (primary N) is 1. The summed E-state index contributed by atoms with van der Waals surface area (Å²) < 4.78 is 0. The Morgan fingerprint density at radius 3 is 2.25 bits per heavy atom. The number of hydrogen-bond donors (Lipinski definition) is 1. The number of aliphatic imine (C=N–C) groups is 1. The molecule has 2 rings (SSSR count). The zero-order valence-electron chi connectivity index (χ0n) is 10.5. The molecule has 0 atom stereocenters. The minimum absolute atomic E-state index is 0.617. The van der Waals surface area contributed by atoms with Crippen molar-refractivity contribution >= 4 is 5.84 Å². The molecule has 2 fully saturated rings. The highest BCUT2D eigenvalue weighted by atomic mass is 14.9. The van der Waals surface area contributed by atoms with Gasteiger partial charge in [0.1, 0.15) is 0 Å². The highest BCUT2D eigenvalue weighted by Crippen LogP contribution is 2.27. The fourth-order valence-electron chi connectivity index (χ4n) is 3.20. The van der Waals surface area contributed by atoms with Gasteiger partial charge in [0.15, 0.2) is 0 Å². The number of nitrogens with zero attached hydrogens (tertiary/aromatic N) is 1. The van der Waals surface area contributed by atoms with Crippen molar-refractivity contribution in [2.24, 2.45) is 22.6 Å². The van der Waals surface area contributed by atoms with Gasteiger partial charge in [-0.1, -0.05) is 44.9 Å². The van der Waals surface area contributed by atoms with E-state index in [0.29, 0.717) is 5.92 Å². The van der Waals surface area contributed by atoms with E-state index in [1.165, 1.54) is 64.2 Å². The average molecular weight is 222 g/mol. The molecule has 2 N–H and O–H groups in total. The Kier molecular flexibility index (Phi) is 4.68. The van der Waals surface area contributed by atoms with E-state index in [2.05, 4.69) is 4.99 Å². The molecule has 0 saturated heterocycles. The standard InChI is InChI=1S/C14H26N2/c15-14(13-8-4-5-9-13)16-11-10-12-6-2-1-3-7-12/h12-13H,1-11H2,(H2,15,16). The third-order valence-electron chi connectivity index (χ3n) is 4.33. The van der Waals surface area contributed by atoms with Gasteiger partial charge in [-0.3, -0.25) is 4.99 Å². The summed E-state index contributed by atoms with van der Waals surface area (Å²) >= 11 is 0. The van der Waals surface area contributed by atoms with E-state index < -0.39 is 0 Å². The summed E-state index contributed by atoms with van der Waals surface area (Å²) in [6.45, 7) is 0.979. The Morgan fingerprint density at radius 1 is 0.938 bits per heavy atom. The molecule has 2 aliphatic rings. The second-order valence-electron chi connectivity index (χ2n) is 5.58. The van der Waals surface area contributed by atoms with E-state index in [0.717, 1.165) is 18.3 Å². The molecule has 2 nitrogen and oxygen atoms in total. The molecule has 0 heterocycles. The monoisotopic (exact) mass is 222 g/mol. The molecule has 2 saturated carbocycles. The average Bonchev–Trinajstić information content (AvgIpc) is 2.84. The van der Waals surface area contributed by atoms with Crippen molar-refractivity contribution in [2.75, 3.05) is 6.54 Å². The maximum Gasteiger partial charge on any atom is 0.0968 e. The molecule has 16 heavy (non-hydrogen) atoms. The third-order valence-corrected chi connectivity index (χ3v) is 4.33. The van der Waals surface area contributed by atoms with Crippen LogP contribution in [-0.2, 0) is 0 Å². The summed E-state index contributed by atoms with van der Waals surface area (Å²) in [5.74, 6) is 2.51. The van der Waals surface area contributed by atoms with Crippen molar-refractivity contribution in [3.63, 3.8) is 0 Å². The van der Waals surface area contributed by atoms with Crippen molar-refractivity contribution in [3.05, 3.63) is 0 Å². The highest BCUT2D eigenvalue weighted by molar-refractivity contribution is 5.83. The van der Waals surface area contributed by atoms with Gasteiger partial charge in [-0.2, -0.15) is 0 Å². The van der Waals surface area contributed by atoms with Crippen LogP contribution in [0.25, 0.3) is 0 Å². The predicted molar refractivity (Wildman–Crippen MR) is 69.6 cm³/mol. The molecule has 0 aliphatic heterocycles. The van der Waals surface area contributed by atoms with Crippen LogP contribution in [0, 0.1) is 11.8 Å². The molecule has 0 amide bonds. The summed E-state index contributed by atoms with van der Waals surface area (Å²) in [6, 6.07) is 0. The first-order valence-corrected chi connectivity index (χ1v) is 7.16. The van der Waals surface area contributed by atoms with Crippen molar-refractivity contribution in [3.8, 4) is 0 Å². The van der Waals surface area contributed by atoms with Crippen LogP contribution in [0.5, 0.6) is 0 Å². The normalized spacial score (nSPS) is 25.1. The minimum Gasteiger partial charge on any atom is -0.387 e. The molecule has 0 aromatic rings. The first-order chi connectivity index (χ1) is 7.86. The summed E-state index contributed by atoms with van der Waals surface area (Å²) in [5, 5.41) is 0. The zero-order chi connectivity index (χ0) is 11.2. The molecule has 0 bridgehead atoms. The lowest BCUT2D eigenvalue weighted by molar-refractivity contribution is 0.343. The number of rotatable bonds is 4. The van der Waals surface area contributed by atoms with Gasteiger partial charge in [0, 0.05) is 12.5 Å². The van der Waals surface area contributed by atoms with Crippen molar-refractivity contribution < 1.29 is 0 Å². The van der Waals surface area contributed by atoms with Crippen molar-refractivity contribution in [2.45, 2.75) is 64.2 Å². The molecule has 0 aromatic carbocycles. The Morgan fingerprint density at radius 2 is 1.56 bits per heavy atom. The summed E-state index contributed by atoms with van der Waals surface area (Å²) in [7, 11) is 0. The second-order valence-corrected chi connectivity index (χ2v) is 5.58. The summed E-state index contributed by atoms with van der Waals surface area (Å²) in [4.78, 5) is 4.59. The van der Waals surface area contributed by atoms with Gasteiger partial charge in [-0.15, -0.1) is 0 Å². The van der Waals surface area contributed by atoms with Crippen molar-refractivity contribution in [1.29, 1.82) is 0 Å². The molecule has 0 unspecified atom stereocenters. The second kappa shape index (κ2) is 6.27. The summed E-state index contributed by atoms with van der Waals surface area (Å²) in [5.41, 5.74) is 6.04. The maximum absolute atomic E-state index is 6.04. The van der Waals surface area contributed by atoms with Crippen LogP contribution in [-0.4, -0.2) is 12.4 Å². The van der Waals surface area contributed by atoms with E-state index in [1.54, 1.807) is 0 Å². The van der Waals surface area contributed by atoms with E-state index >= 15 is 0 Å². The molecular formula is C14H26N2. The predicted octanol–water partition coefficient (Wildman–Crippen LogP) is 3.50. The smallest absolute Gasteiger partial charge is 0.0968 e. The molecule has 0 spiro atoms. The van der Waals surface area contributed by atoms with Crippen LogP contribution in [0.15, 0.2) is 4.99 Å². The van der Waals surface area contributed by atoms with Gasteiger partial charge < -0.3 is 5.73 Å². The number of amidine groups is 1. The van der Waals surface area contributed by atoms with Gasteiger partial charge in [0.2, 0.25) is 0 Å². The fraction of sp³-hybridized carbons (Fsp3) is 0.929. The van der Waals surface area contributed by atoms with Crippen molar-refractivity contribution in [1.82, 2.24) is 0 Å². The van der Waals surface area contributed by atoms with E-state index in [-0.39, 0.29) is 0 Å². The lowest BCUT2D eigenvalue weighted by Crippen LogP contribution is -2.22. The molecule has 0 radical (unpaired) electrons. The minimum atomic E-state index is 0.617. The largest absolute Gasteiger partial charge is 0.387 e. The van der Waals surface area contributed by atoms with E-state index in [1.807, 2.05) is 0 Å². The lowest BCUT2D eigenvalue weighted by Gasteiger charge is -2.20. The Labute approximate surface area is 99.7 Å². The molecule has 2 heteroatoms. The zero-order valence-corrected chi connectivity index (χ0v) is 10.5. The van der Waals surface area contributed by atoms with Gasteiger partial charge in [0.25, 0.3) is 0 Å². The molecule has 92 valence electrons. The Bertz CT molecular complexity index is 223. The van der Waals surface area contributed by atoms with Gasteiger partial charge >= 0.3 is 0 Å². The van der Waals surface area contributed by atoms with Crippen LogP contribution < -0.4 is 5.73 Å². The first kappa shape index (κ1) is 11.9. The fourth-order valence-corrected chi connectivity index (χ4v) is 3.20. The molecule has 2 aliphatic carbocycles. The van der Waals surface area contributed by atoms with Crippen LogP contribution >= 0.6 is 0 Å². The van der Waals surface area contributed by atoms with E-state index in [4.69, 9.17) is 5.73 Å². The topological polar surface area (TPSA) is 38.4 Å². The first-order valence-electron chi connectivity index (χ1n) is 7.16. The Balaban J connectivity index is 1.66. The molecular weight excluding hydrogens is 196 g/mol. The number of hydrogen-bond acceptors (Lipinski definition) is 1. The third kappa shape index (κ3) is 3.50.